The minimum absolute atomic E-state index is 0.207. The fraction of sp³-hybridized carbons (Fsp3) is 0.250. The Balaban J connectivity index is 1.73. The third-order valence-electron chi connectivity index (χ3n) is 5.08. The zero-order valence-electron chi connectivity index (χ0n) is 13.4. The van der Waals surface area contributed by atoms with E-state index in [0.29, 0.717) is 11.5 Å². The smallest absolute Gasteiger partial charge is 0.335 e. The predicted molar refractivity (Wildman–Crippen MR) is 92.7 cm³/mol. The van der Waals surface area contributed by atoms with Crippen LogP contribution >= 0.6 is 0 Å². The number of rotatable bonds is 3. The highest BCUT2D eigenvalue weighted by molar-refractivity contribution is 5.89. The highest BCUT2D eigenvalue weighted by Crippen LogP contribution is 2.50. The highest BCUT2D eigenvalue weighted by Gasteiger charge is 2.38. The summed E-state index contributed by atoms with van der Waals surface area (Å²) in [4.78, 5) is 11.3. The fourth-order valence-electron chi connectivity index (χ4n) is 3.87. The molecule has 122 valence electrons. The van der Waals surface area contributed by atoms with Crippen LogP contribution < -0.4 is 10.1 Å². The molecule has 0 saturated carbocycles. The van der Waals surface area contributed by atoms with Crippen LogP contribution in [0.2, 0.25) is 0 Å². The molecule has 0 saturated heterocycles. The lowest BCUT2D eigenvalue weighted by molar-refractivity contribution is 0.0696. The molecule has 0 fully saturated rings. The van der Waals surface area contributed by atoms with Crippen molar-refractivity contribution >= 4 is 11.7 Å². The quantitative estimate of drug-likeness (QED) is 0.831. The van der Waals surface area contributed by atoms with E-state index in [4.69, 9.17) is 4.74 Å². The minimum Gasteiger partial charge on any atom is -0.497 e. The van der Waals surface area contributed by atoms with Crippen molar-refractivity contribution in [3.05, 3.63) is 71.3 Å². The number of carboxylic acids is 1. The van der Waals surface area contributed by atoms with E-state index < -0.39 is 5.97 Å². The highest BCUT2D eigenvalue weighted by atomic mass is 16.5. The van der Waals surface area contributed by atoms with E-state index in [1.807, 2.05) is 24.3 Å². The molecule has 0 radical (unpaired) electrons. The van der Waals surface area contributed by atoms with Gasteiger partial charge >= 0.3 is 5.97 Å². The summed E-state index contributed by atoms with van der Waals surface area (Å²) in [6, 6.07) is 13.7. The molecule has 0 spiro atoms. The van der Waals surface area contributed by atoms with Gasteiger partial charge in [-0.1, -0.05) is 24.3 Å². The first-order valence-electron chi connectivity index (χ1n) is 8.12. The number of hydrogen-bond donors (Lipinski definition) is 2. The Kier molecular flexibility index (Phi) is 3.53. The molecule has 1 aliphatic heterocycles. The van der Waals surface area contributed by atoms with Crippen molar-refractivity contribution in [2.24, 2.45) is 5.92 Å². The molecule has 24 heavy (non-hydrogen) atoms. The van der Waals surface area contributed by atoms with Gasteiger partial charge in [-0.15, -0.1) is 0 Å². The monoisotopic (exact) mass is 321 g/mol. The lowest BCUT2D eigenvalue weighted by Crippen LogP contribution is -2.29. The molecule has 4 rings (SSSR count). The van der Waals surface area contributed by atoms with Gasteiger partial charge in [-0.25, -0.2) is 4.79 Å². The van der Waals surface area contributed by atoms with Gasteiger partial charge in [0.1, 0.15) is 5.75 Å². The standard InChI is InChI=1S/C20H19NO3/c1-24-14-8-5-12(6-9-14)19-16-4-2-3-15(16)17-11-13(20(22)23)7-10-18(17)21-19/h2-3,5-11,15-16,19,21H,4H2,1H3,(H,22,23)/t15-,16-,19-/m0/s1. The van der Waals surface area contributed by atoms with Crippen LogP contribution in [0.3, 0.4) is 0 Å². The number of nitrogens with one attached hydrogen (secondary N) is 1. The number of carboxylic acid groups (broad SMARTS) is 1. The topological polar surface area (TPSA) is 58.6 Å². The molecule has 4 nitrogen and oxygen atoms in total. The Morgan fingerprint density at radius 3 is 2.71 bits per heavy atom. The predicted octanol–water partition coefficient (Wildman–Crippen LogP) is 4.22. The van der Waals surface area contributed by atoms with Crippen molar-refractivity contribution in [2.45, 2.75) is 18.4 Å². The number of benzene rings is 2. The summed E-state index contributed by atoms with van der Waals surface area (Å²) in [5.74, 6) is 0.623. The van der Waals surface area contributed by atoms with Crippen molar-refractivity contribution in [1.82, 2.24) is 0 Å². The largest absolute Gasteiger partial charge is 0.497 e. The van der Waals surface area contributed by atoms with E-state index in [1.165, 1.54) is 5.56 Å². The third kappa shape index (κ3) is 2.35. The van der Waals surface area contributed by atoms with Crippen LogP contribution in [0.15, 0.2) is 54.6 Å². The van der Waals surface area contributed by atoms with Gasteiger partial charge in [0.2, 0.25) is 0 Å². The van der Waals surface area contributed by atoms with Gasteiger partial charge in [-0.3, -0.25) is 0 Å². The van der Waals surface area contributed by atoms with Gasteiger partial charge in [0.25, 0.3) is 0 Å². The van der Waals surface area contributed by atoms with Crippen LogP contribution in [0.1, 0.15) is 39.9 Å². The van der Waals surface area contributed by atoms with E-state index in [0.717, 1.165) is 23.4 Å². The molecule has 0 bridgehead atoms. The van der Waals surface area contributed by atoms with E-state index in [9.17, 15) is 9.90 Å². The number of aromatic carboxylic acids is 1. The first-order chi connectivity index (χ1) is 11.7. The van der Waals surface area contributed by atoms with Crippen LogP contribution in [0.5, 0.6) is 5.75 Å². The van der Waals surface area contributed by atoms with E-state index in [2.05, 4.69) is 29.6 Å². The molecule has 2 N–H and O–H groups in total. The van der Waals surface area contributed by atoms with E-state index >= 15 is 0 Å². The number of anilines is 1. The molecular weight excluding hydrogens is 302 g/mol. The average molecular weight is 321 g/mol. The maximum Gasteiger partial charge on any atom is 0.335 e. The van der Waals surface area contributed by atoms with Crippen LogP contribution in [-0.2, 0) is 0 Å². The summed E-state index contributed by atoms with van der Waals surface area (Å²) >= 11 is 0. The second-order valence-corrected chi connectivity index (χ2v) is 6.36. The van der Waals surface area contributed by atoms with Gasteiger partial charge in [0.15, 0.2) is 0 Å². The molecule has 1 heterocycles. The SMILES string of the molecule is COc1ccc([C@@H]2Nc3ccc(C(=O)O)cc3[C@H]3C=CC[C@@H]32)cc1. The lowest BCUT2D eigenvalue weighted by atomic mass is 9.76. The Morgan fingerprint density at radius 1 is 1.21 bits per heavy atom. The van der Waals surface area contributed by atoms with Crippen LogP contribution in [0.4, 0.5) is 5.69 Å². The zero-order valence-corrected chi connectivity index (χ0v) is 13.4. The molecule has 4 heteroatoms. The Morgan fingerprint density at radius 2 is 2.00 bits per heavy atom. The van der Waals surface area contributed by atoms with Crippen LogP contribution in [0, 0.1) is 5.92 Å². The summed E-state index contributed by atoms with van der Waals surface area (Å²) in [7, 11) is 1.67. The summed E-state index contributed by atoms with van der Waals surface area (Å²) < 4.78 is 5.25. The molecule has 2 aromatic rings. The van der Waals surface area contributed by atoms with Gasteiger partial charge in [-0.2, -0.15) is 0 Å². The number of allylic oxidation sites excluding steroid dienone is 2. The first kappa shape index (κ1) is 14.8. The van der Waals surface area contributed by atoms with Gasteiger partial charge < -0.3 is 15.2 Å². The first-order valence-corrected chi connectivity index (χ1v) is 8.12. The number of carbonyl (C=O) groups is 1. The Hall–Kier alpha value is -2.75. The van der Waals surface area contributed by atoms with Gasteiger partial charge in [0, 0.05) is 11.6 Å². The average Bonchev–Trinajstić information content (AvgIpc) is 3.10. The second kappa shape index (κ2) is 5.71. The maximum atomic E-state index is 11.3. The molecule has 0 unspecified atom stereocenters. The molecule has 3 atom stereocenters. The summed E-state index contributed by atoms with van der Waals surface area (Å²) in [6.45, 7) is 0. The number of ether oxygens (including phenoxy) is 1. The van der Waals surface area contributed by atoms with E-state index in [-0.39, 0.29) is 12.0 Å². The van der Waals surface area contributed by atoms with Crippen molar-refractivity contribution in [1.29, 1.82) is 0 Å². The number of methoxy groups -OCH3 is 1. The molecule has 0 amide bonds. The van der Waals surface area contributed by atoms with Crippen LogP contribution in [-0.4, -0.2) is 18.2 Å². The van der Waals surface area contributed by atoms with E-state index in [1.54, 1.807) is 13.2 Å². The second-order valence-electron chi connectivity index (χ2n) is 6.36. The Bertz CT molecular complexity index is 810. The number of hydrogen-bond acceptors (Lipinski definition) is 3. The van der Waals surface area contributed by atoms with Crippen molar-refractivity contribution in [2.75, 3.05) is 12.4 Å². The summed E-state index contributed by atoms with van der Waals surface area (Å²) in [6.07, 6.45) is 5.41. The Labute approximate surface area is 140 Å². The molecule has 2 aliphatic rings. The maximum absolute atomic E-state index is 11.3. The molecule has 0 aromatic heterocycles. The normalized spacial score (nSPS) is 24.0. The van der Waals surface area contributed by atoms with Crippen molar-refractivity contribution in [3.63, 3.8) is 0 Å². The summed E-state index contributed by atoms with van der Waals surface area (Å²) in [5, 5.41) is 12.9. The molecule has 2 aromatic carbocycles. The van der Waals surface area contributed by atoms with Crippen LogP contribution in [0.25, 0.3) is 0 Å². The minimum atomic E-state index is -0.881. The molecule has 1 aliphatic carbocycles. The summed E-state index contributed by atoms with van der Waals surface area (Å²) in [5.41, 5.74) is 3.67. The van der Waals surface area contributed by atoms with Gasteiger partial charge in [-0.05, 0) is 53.8 Å². The number of fused-ring (bicyclic) bond motifs is 3. The van der Waals surface area contributed by atoms with Crippen molar-refractivity contribution < 1.29 is 14.6 Å². The zero-order chi connectivity index (χ0) is 16.7. The molecular formula is C20H19NO3. The third-order valence-corrected chi connectivity index (χ3v) is 5.08. The lowest BCUT2D eigenvalue weighted by Gasteiger charge is -2.37. The van der Waals surface area contributed by atoms with Crippen molar-refractivity contribution in [3.8, 4) is 5.75 Å². The van der Waals surface area contributed by atoms with Gasteiger partial charge in [0.05, 0.1) is 18.7 Å². The fourth-order valence-corrected chi connectivity index (χ4v) is 3.87.